The standard InChI is InChI=1S/C37H30N8O6/c1-43-28-12-9-22(17-29(28)44(2)37(43)49)45-15-16-50-36-30(45)20-40-33(42-36)21-8-11-27(39-19-21)35(48)38-14-4-5-23-18-26-24(6-3-7-31(26)51-23)25-10-13-32(46)41-34(25)47/h3,6-9,11-12,17-20,25H,10,13-16H2,1-2H3,(H,38,48)(H,41,46,47). The molecule has 2 aliphatic heterocycles. The zero-order chi connectivity index (χ0) is 35.2. The first-order valence-corrected chi connectivity index (χ1v) is 16.3. The average Bonchev–Trinajstić information content (AvgIpc) is 3.67. The van der Waals surface area contributed by atoms with Crippen molar-refractivity contribution in [2.75, 3.05) is 24.6 Å². The summed E-state index contributed by atoms with van der Waals surface area (Å²) in [4.78, 5) is 64.8. The first-order valence-electron chi connectivity index (χ1n) is 16.3. The molecule has 1 atom stereocenters. The second-order valence-corrected chi connectivity index (χ2v) is 12.2. The van der Waals surface area contributed by atoms with Gasteiger partial charge in [0.1, 0.15) is 23.6 Å². The molecule has 3 amide bonds. The molecule has 0 bridgehead atoms. The number of amides is 3. The van der Waals surface area contributed by atoms with Gasteiger partial charge in [-0.25, -0.2) is 9.78 Å². The summed E-state index contributed by atoms with van der Waals surface area (Å²) in [6.07, 6.45) is 3.94. The second kappa shape index (κ2) is 12.6. The molecule has 1 unspecified atom stereocenters. The third kappa shape index (κ3) is 5.74. The number of piperidine rings is 1. The summed E-state index contributed by atoms with van der Waals surface area (Å²) in [5, 5.41) is 5.90. The van der Waals surface area contributed by atoms with Crippen LogP contribution in [0, 0.1) is 11.8 Å². The van der Waals surface area contributed by atoms with E-state index in [0.717, 1.165) is 27.7 Å². The number of furan rings is 1. The number of rotatable bonds is 5. The monoisotopic (exact) mass is 682 g/mol. The molecule has 254 valence electrons. The van der Waals surface area contributed by atoms with Crippen LogP contribution in [0.3, 0.4) is 0 Å². The van der Waals surface area contributed by atoms with Gasteiger partial charge in [0.25, 0.3) is 5.91 Å². The Balaban J connectivity index is 0.927. The third-order valence-electron chi connectivity index (χ3n) is 9.16. The van der Waals surface area contributed by atoms with Gasteiger partial charge in [-0.1, -0.05) is 18.1 Å². The zero-order valence-corrected chi connectivity index (χ0v) is 27.6. The van der Waals surface area contributed by atoms with Gasteiger partial charge in [0.2, 0.25) is 17.7 Å². The highest BCUT2D eigenvalue weighted by atomic mass is 16.5. The Morgan fingerprint density at radius 1 is 1.02 bits per heavy atom. The number of imide groups is 1. The highest BCUT2D eigenvalue weighted by molar-refractivity contribution is 6.02. The van der Waals surface area contributed by atoms with Crippen molar-refractivity contribution in [3.05, 3.63) is 94.5 Å². The van der Waals surface area contributed by atoms with Crippen LogP contribution in [-0.2, 0) is 23.7 Å². The topological polar surface area (TPSA) is 166 Å². The largest absolute Gasteiger partial charge is 0.474 e. The first-order chi connectivity index (χ1) is 24.7. The van der Waals surface area contributed by atoms with Crippen molar-refractivity contribution in [3.8, 4) is 29.1 Å². The van der Waals surface area contributed by atoms with Gasteiger partial charge in [-0.3, -0.25) is 33.8 Å². The summed E-state index contributed by atoms with van der Waals surface area (Å²) >= 11 is 0. The van der Waals surface area contributed by atoms with Crippen LogP contribution in [0.1, 0.15) is 40.6 Å². The summed E-state index contributed by atoms with van der Waals surface area (Å²) in [5.74, 6) is 5.59. The minimum absolute atomic E-state index is 0.0502. The molecule has 14 heteroatoms. The molecule has 6 heterocycles. The summed E-state index contributed by atoms with van der Waals surface area (Å²) in [6.45, 7) is 1.05. The number of carbonyl (C=O) groups excluding carboxylic acids is 3. The fourth-order valence-electron chi connectivity index (χ4n) is 6.52. The predicted octanol–water partition coefficient (Wildman–Crippen LogP) is 3.31. The van der Waals surface area contributed by atoms with E-state index in [1.54, 1.807) is 59.8 Å². The Kier molecular flexibility index (Phi) is 7.79. The van der Waals surface area contributed by atoms with Crippen molar-refractivity contribution < 1.29 is 23.5 Å². The molecule has 2 N–H and O–H groups in total. The van der Waals surface area contributed by atoms with Crippen molar-refractivity contribution in [2.24, 2.45) is 14.1 Å². The van der Waals surface area contributed by atoms with Crippen LogP contribution in [0.15, 0.2) is 76.2 Å². The van der Waals surface area contributed by atoms with E-state index in [-0.39, 0.29) is 36.2 Å². The third-order valence-corrected chi connectivity index (χ3v) is 9.16. The molecule has 0 spiro atoms. The molecule has 0 saturated carbocycles. The Bertz CT molecular complexity index is 2520. The van der Waals surface area contributed by atoms with Crippen LogP contribution in [0.5, 0.6) is 5.88 Å². The molecule has 51 heavy (non-hydrogen) atoms. The summed E-state index contributed by atoms with van der Waals surface area (Å²) in [5.41, 5.74) is 5.34. The van der Waals surface area contributed by atoms with Gasteiger partial charge in [-0.2, -0.15) is 4.98 Å². The maximum Gasteiger partial charge on any atom is 0.328 e. The normalized spacial score (nSPS) is 15.6. The number of anilines is 2. The van der Waals surface area contributed by atoms with Crippen molar-refractivity contribution in [1.29, 1.82) is 0 Å². The molecule has 1 saturated heterocycles. The number of hydrogen-bond acceptors (Lipinski definition) is 10. The molecule has 1 fully saturated rings. The number of benzene rings is 2. The van der Waals surface area contributed by atoms with Crippen LogP contribution in [0.4, 0.5) is 11.4 Å². The van der Waals surface area contributed by atoms with Crippen LogP contribution >= 0.6 is 0 Å². The molecule has 4 aromatic heterocycles. The van der Waals surface area contributed by atoms with Gasteiger partial charge in [-0.05, 0) is 54.3 Å². The van der Waals surface area contributed by atoms with E-state index >= 15 is 0 Å². The highest BCUT2D eigenvalue weighted by Gasteiger charge is 2.30. The second-order valence-electron chi connectivity index (χ2n) is 12.2. The van der Waals surface area contributed by atoms with Gasteiger partial charge in [0, 0.05) is 49.4 Å². The van der Waals surface area contributed by atoms with Crippen LogP contribution < -0.4 is 26.0 Å². The van der Waals surface area contributed by atoms with E-state index < -0.39 is 11.8 Å². The summed E-state index contributed by atoms with van der Waals surface area (Å²) in [6, 6.07) is 16.4. The Hall–Kier alpha value is -6.75. The smallest absolute Gasteiger partial charge is 0.328 e. The number of pyridine rings is 1. The lowest BCUT2D eigenvalue weighted by Gasteiger charge is -2.30. The quantitative estimate of drug-likeness (QED) is 0.204. The van der Waals surface area contributed by atoms with Crippen LogP contribution in [-0.4, -0.2) is 61.5 Å². The number of nitrogens with zero attached hydrogens (tertiary/aromatic N) is 6. The van der Waals surface area contributed by atoms with Gasteiger partial charge < -0.3 is 19.4 Å². The lowest BCUT2D eigenvalue weighted by atomic mass is 9.88. The van der Waals surface area contributed by atoms with E-state index in [0.29, 0.717) is 53.9 Å². The minimum atomic E-state index is -0.443. The number of imidazole rings is 1. The minimum Gasteiger partial charge on any atom is -0.474 e. The number of aryl methyl sites for hydroxylation is 2. The maximum atomic E-state index is 12.8. The zero-order valence-electron chi connectivity index (χ0n) is 27.6. The van der Waals surface area contributed by atoms with Gasteiger partial charge in [0.15, 0.2) is 11.6 Å². The molecule has 2 aromatic carbocycles. The van der Waals surface area contributed by atoms with E-state index in [1.165, 1.54) is 6.20 Å². The Labute approximate surface area is 290 Å². The van der Waals surface area contributed by atoms with Gasteiger partial charge >= 0.3 is 5.69 Å². The molecule has 2 aliphatic rings. The number of hydrogen-bond donors (Lipinski definition) is 2. The van der Waals surface area contributed by atoms with Crippen molar-refractivity contribution in [1.82, 2.24) is 34.7 Å². The fraction of sp³-hybridized carbons (Fsp3) is 0.216. The number of nitrogens with one attached hydrogen (secondary N) is 2. The predicted molar refractivity (Wildman–Crippen MR) is 186 cm³/mol. The number of fused-ring (bicyclic) bond motifs is 3. The average molecular weight is 683 g/mol. The Morgan fingerprint density at radius 3 is 2.71 bits per heavy atom. The lowest BCUT2D eigenvalue weighted by Crippen LogP contribution is -2.39. The van der Waals surface area contributed by atoms with E-state index in [2.05, 4.69) is 42.3 Å². The SMILES string of the molecule is Cn1c(=O)n(C)c2cc(N3CCOc4nc(-c5ccc(C(=O)NCC#Cc6cc7c(C8CCC(=O)NC8=O)cccc7o6)nc5)ncc43)ccc21. The summed E-state index contributed by atoms with van der Waals surface area (Å²) < 4.78 is 15.0. The fourth-order valence-corrected chi connectivity index (χ4v) is 6.52. The lowest BCUT2D eigenvalue weighted by molar-refractivity contribution is -0.134. The molecule has 0 aliphatic carbocycles. The highest BCUT2D eigenvalue weighted by Crippen LogP contribution is 2.37. The van der Waals surface area contributed by atoms with E-state index in [9.17, 15) is 19.2 Å². The molecular weight excluding hydrogens is 652 g/mol. The first kappa shape index (κ1) is 31.5. The van der Waals surface area contributed by atoms with Gasteiger partial charge in [0.05, 0.1) is 36.2 Å². The summed E-state index contributed by atoms with van der Waals surface area (Å²) in [7, 11) is 3.50. The Morgan fingerprint density at radius 2 is 1.88 bits per heavy atom. The molecule has 6 aromatic rings. The molecule has 14 nitrogen and oxygen atoms in total. The number of carbonyl (C=O) groups is 3. The van der Waals surface area contributed by atoms with Crippen LogP contribution in [0.25, 0.3) is 33.4 Å². The van der Waals surface area contributed by atoms with Crippen LogP contribution in [0.2, 0.25) is 0 Å². The molecular formula is C37H30N8O6. The number of aromatic nitrogens is 5. The maximum absolute atomic E-state index is 12.8. The van der Waals surface area contributed by atoms with Crippen molar-refractivity contribution in [3.63, 3.8) is 0 Å². The van der Waals surface area contributed by atoms with E-state index in [4.69, 9.17) is 9.15 Å². The number of ether oxygens (including phenoxy) is 1. The van der Waals surface area contributed by atoms with Crippen molar-refractivity contribution >= 4 is 51.1 Å². The van der Waals surface area contributed by atoms with Crippen molar-refractivity contribution in [2.45, 2.75) is 18.8 Å². The molecule has 8 rings (SSSR count). The molecule has 0 radical (unpaired) electrons. The van der Waals surface area contributed by atoms with Gasteiger partial charge in [-0.15, -0.1) is 0 Å². The van der Waals surface area contributed by atoms with E-state index in [1.807, 2.05) is 24.3 Å².